The molecule has 4 nitrogen and oxygen atoms in total. The molecule has 1 aliphatic rings. The Hall–Kier alpha value is -2.41. The number of benzene rings is 2. The Bertz CT molecular complexity index is 777. The maximum Gasteiger partial charge on any atom is 0.316 e. The fraction of sp³-hybridized carbons (Fsp3) is 0.333. The van der Waals surface area contributed by atoms with Gasteiger partial charge < -0.3 is 10.1 Å². The highest BCUT2D eigenvalue weighted by Crippen LogP contribution is 2.36. The van der Waals surface area contributed by atoms with Crippen LogP contribution in [0, 0.1) is 11.6 Å². The summed E-state index contributed by atoms with van der Waals surface area (Å²) < 4.78 is 31.7. The first kappa shape index (κ1) is 20.3. The third-order valence-electron chi connectivity index (χ3n) is 4.31. The summed E-state index contributed by atoms with van der Waals surface area (Å²) >= 11 is 1.28. The van der Waals surface area contributed by atoms with Crippen LogP contribution in [0.1, 0.15) is 36.1 Å². The molecule has 1 saturated carbocycles. The molecular formula is C21H21F2NO3S. The Morgan fingerprint density at radius 3 is 2.00 bits per heavy atom. The van der Waals surface area contributed by atoms with Gasteiger partial charge in [-0.3, -0.25) is 9.59 Å². The molecule has 0 spiro atoms. The zero-order valence-electron chi connectivity index (χ0n) is 15.4. The van der Waals surface area contributed by atoms with E-state index in [0.29, 0.717) is 0 Å². The quantitative estimate of drug-likeness (QED) is 0.675. The molecule has 0 bridgehead atoms. The molecule has 0 aromatic heterocycles. The minimum Gasteiger partial charge on any atom is -0.452 e. The normalized spacial score (nSPS) is 14.6. The van der Waals surface area contributed by atoms with Crippen LogP contribution in [0.3, 0.4) is 0 Å². The van der Waals surface area contributed by atoms with Crippen molar-refractivity contribution in [1.82, 2.24) is 5.32 Å². The molecule has 2 aromatic rings. The third-order valence-corrected chi connectivity index (χ3v) is 5.59. The van der Waals surface area contributed by atoms with Gasteiger partial charge in [0.15, 0.2) is 6.10 Å². The number of hydrogen-bond donors (Lipinski definition) is 1. The highest BCUT2D eigenvalue weighted by atomic mass is 32.2. The van der Waals surface area contributed by atoms with Gasteiger partial charge in [-0.2, -0.15) is 0 Å². The van der Waals surface area contributed by atoms with Crippen LogP contribution in [0.2, 0.25) is 0 Å². The van der Waals surface area contributed by atoms with E-state index in [1.54, 1.807) is 24.3 Å². The van der Waals surface area contributed by atoms with E-state index >= 15 is 0 Å². The number of thioether (sulfide) groups is 1. The maximum atomic E-state index is 13.3. The molecule has 1 amide bonds. The molecule has 0 aliphatic heterocycles. The lowest BCUT2D eigenvalue weighted by atomic mass is 10.0. The fourth-order valence-electron chi connectivity index (χ4n) is 2.64. The molecule has 1 atom stereocenters. The van der Waals surface area contributed by atoms with Crippen LogP contribution in [0.5, 0.6) is 0 Å². The van der Waals surface area contributed by atoms with Crippen molar-refractivity contribution in [2.45, 2.75) is 37.2 Å². The second-order valence-electron chi connectivity index (χ2n) is 6.71. The van der Waals surface area contributed by atoms with Crippen molar-refractivity contribution < 1.29 is 23.1 Å². The summed E-state index contributed by atoms with van der Waals surface area (Å²) in [5.41, 5.74) is 1.57. The standard InChI is InChI=1S/C21H21F2NO3S/c1-13(21(26)24-18-10-11-18)27-19(25)12-28-20(14-2-6-16(22)7-3-14)15-4-8-17(23)9-5-15/h2-9,13,18,20H,10-12H2,1H3,(H,24,26)/t13-/m1/s1. The van der Waals surface area contributed by atoms with Crippen LogP contribution in [-0.4, -0.2) is 29.8 Å². The van der Waals surface area contributed by atoms with Gasteiger partial charge in [-0.05, 0) is 55.2 Å². The SMILES string of the molecule is C[C@@H](OC(=O)CSC(c1ccc(F)cc1)c1ccc(F)cc1)C(=O)NC1CC1. The van der Waals surface area contributed by atoms with Gasteiger partial charge in [0.1, 0.15) is 11.6 Å². The second kappa shape index (κ2) is 9.19. The van der Waals surface area contributed by atoms with Gasteiger partial charge in [-0.15, -0.1) is 11.8 Å². The molecule has 0 unspecified atom stereocenters. The Balaban J connectivity index is 1.63. The average Bonchev–Trinajstić information content (AvgIpc) is 3.48. The smallest absolute Gasteiger partial charge is 0.316 e. The molecule has 0 radical (unpaired) electrons. The highest BCUT2D eigenvalue weighted by molar-refractivity contribution is 8.00. The van der Waals surface area contributed by atoms with Gasteiger partial charge in [-0.1, -0.05) is 24.3 Å². The van der Waals surface area contributed by atoms with Crippen LogP contribution in [-0.2, 0) is 14.3 Å². The van der Waals surface area contributed by atoms with Gasteiger partial charge in [-0.25, -0.2) is 8.78 Å². The summed E-state index contributed by atoms with van der Waals surface area (Å²) in [5.74, 6) is -1.53. The van der Waals surface area contributed by atoms with Gasteiger partial charge in [0, 0.05) is 6.04 Å². The molecule has 1 aliphatic carbocycles. The number of carbonyl (C=O) groups is 2. The lowest BCUT2D eigenvalue weighted by molar-refractivity contribution is -0.152. The van der Waals surface area contributed by atoms with Crippen LogP contribution in [0.4, 0.5) is 8.78 Å². The number of hydrogen-bond acceptors (Lipinski definition) is 4. The predicted octanol–water partition coefficient (Wildman–Crippen LogP) is 4.00. The first-order chi connectivity index (χ1) is 13.4. The minimum absolute atomic E-state index is 0.000464. The maximum absolute atomic E-state index is 13.3. The predicted molar refractivity (Wildman–Crippen MR) is 104 cm³/mol. The summed E-state index contributed by atoms with van der Waals surface area (Å²) in [5, 5.41) is 2.49. The van der Waals surface area contributed by atoms with Gasteiger partial charge >= 0.3 is 5.97 Å². The molecule has 0 heterocycles. The first-order valence-corrected chi connectivity index (χ1v) is 10.1. The van der Waals surface area contributed by atoms with E-state index < -0.39 is 12.1 Å². The molecule has 0 saturated heterocycles. The van der Waals surface area contributed by atoms with Crippen molar-refractivity contribution >= 4 is 23.6 Å². The highest BCUT2D eigenvalue weighted by Gasteiger charge is 2.27. The minimum atomic E-state index is -0.858. The zero-order chi connectivity index (χ0) is 20.1. The third kappa shape index (κ3) is 5.79. The van der Waals surface area contributed by atoms with Crippen LogP contribution < -0.4 is 5.32 Å². The van der Waals surface area contributed by atoms with E-state index in [0.717, 1.165) is 24.0 Å². The molecule has 1 N–H and O–H groups in total. The van der Waals surface area contributed by atoms with E-state index in [1.807, 2.05) is 0 Å². The van der Waals surface area contributed by atoms with Gasteiger partial charge in [0.25, 0.3) is 5.91 Å². The lowest BCUT2D eigenvalue weighted by Gasteiger charge is -2.18. The van der Waals surface area contributed by atoms with Crippen LogP contribution >= 0.6 is 11.8 Å². The summed E-state index contributed by atoms with van der Waals surface area (Å²) in [6, 6.07) is 12.1. The van der Waals surface area contributed by atoms with Gasteiger partial charge in [0.05, 0.1) is 11.0 Å². The van der Waals surface area contributed by atoms with Crippen LogP contribution in [0.25, 0.3) is 0 Å². The average molecular weight is 405 g/mol. The van der Waals surface area contributed by atoms with Crippen molar-refractivity contribution in [1.29, 1.82) is 0 Å². The number of halogens is 2. The number of rotatable bonds is 8. The molecule has 7 heteroatoms. The Morgan fingerprint density at radius 2 is 1.54 bits per heavy atom. The Kier molecular flexibility index (Phi) is 6.67. The van der Waals surface area contributed by atoms with E-state index in [2.05, 4.69) is 5.32 Å². The summed E-state index contributed by atoms with van der Waals surface area (Å²) in [7, 11) is 0. The molecule has 3 rings (SSSR count). The van der Waals surface area contributed by atoms with Gasteiger partial charge in [0.2, 0.25) is 0 Å². The van der Waals surface area contributed by atoms with Crippen molar-refractivity contribution in [3.8, 4) is 0 Å². The molecular weight excluding hydrogens is 384 g/mol. The topological polar surface area (TPSA) is 55.4 Å². The number of amides is 1. The summed E-state index contributed by atoms with van der Waals surface area (Å²) in [6.45, 7) is 1.54. The van der Waals surface area contributed by atoms with Crippen LogP contribution in [0.15, 0.2) is 48.5 Å². The molecule has 1 fully saturated rings. The molecule has 2 aromatic carbocycles. The second-order valence-corrected chi connectivity index (χ2v) is 7.80. The monoisotopic (exact) mass is 405 g/mol. The van der Waals surface area contributed by atoms with Crippen molar-refractivity contribution in [2.24, 2.45) is 0 Å². The van der Waals surface area contributed by atoms with Crippen molar-refractivity contribution in [3.05, 3.63) is 71.3 Å². The summed E-state index contributed by atoms with van der Waals surface area (Å²) in [6.07, 6.45) is 1.06. The molecule has 148 valence electrons. The largest absolute Gasteiger partial charge is 0.452 e. The van der Waals surface area contributed by atoms with E-state index in [-0.39, 0.29) is 34.6 Å². The fourth-order valence-corrected chi connectivity index (χ4v) is 3.71. The first-order valence-electron chi connectivity index (χ1n) is 9.05. The zero-order valence-corrected chi connectivity index (χ0v) is 16.2. The summed E-state index contributed by atoms with van der Waals surface area (Å²) in [4.78, 5) is 24.1. The molecule has 28 heavy (non-hydrogen) atoms. The van der Waals surface area contributed by atoms with Crippen molar-refractivity contribution in [3.63, 3.8) is 0 Å². The van der Waals surface area contributed by atoms with E-state index in [4.69, 9.17) is 4.74 Å². The number of ether oxygens (including phenoxy) is 1. The van der Waals surface area contributed by atoms with E-state index in [1.165, 1.54) is 43.0 Å². The number of carbonyl (C=O) groups excluding carboxylic acids is 2. The Morgan fingerprint density at radius 1 is 1.04 bits per heavy atom. The Labute approximate surface area is 166 Å². The number of esters is 1. The lowest BCUT2D eigenvalue weighted by Crippen LogP contribution is -2.37. The van der Waals surface area contributed by atoms with E-state index in [9.17, 15) is 18.4 Å². The van der Waals surface area contributed by atoms with Crippen molar-refractivity contribution in [2.75, 3.05) is 5.75 Å². The number of nitrogens with one attached hydrogen (secondary N) is 1.